The molecular weight excluding hydrogens is 349 g/mol. The third-order valence-corrected chi connectivity index (χ3v) is 5.54. The molecule has 1 aliphatic rings. The van der Waals surface area contributed by atoms with Gasteiger partial charge in [0.05, 0.1) is 0 Å². The second-order valence-corrected chi connectivity index (χ2v) is 8.07. The molecule has 3 rings (SSSR count). The summed E-state index contributed by atoms with van der Waals surface area (Å²) in [6.45, 7) is 3.22. The zero-order chi connectivity index (χ0) is 18.0. The standard InChI is InChI=1S/C16H18FN3O4S/c1-11-6-8-20(9-7-11)14(21)10-25(22,23)16-19-18-15(24-16)12-2-4-13(17)5-3-12/h2-5,11H,6-10H2,1H3. The summed E-state index contributed by atoms with van der Waals surface area (Å²) in [5.41, 5.74) is 0.395. The number of rotatable bonds is 4. The predicted octanol–water partition coefficient (Wildman–Crippen LogP) is 1.91. The molecule has 1 fully saturated rings. The lowest BCUT2D eigenvalue weighted by Gasteiger charge is -2.30. The average molecular weight is 367 g/mol. The fourth-order valence-corrected chi connectivity index (χ4v) is 3.62. The fraction of sp³-hybridized carbons (Fsp3) is 0.438. The van der Waals surface area contributed by atoms with Gasteiger partial charge in [-0.05, 0) is 43.0 Å². The van der Waals surface area contributed by atoms with Gasteiger partial charge in [-0.15, -0.1) is 5.10 Å². The van der Waals surface area contributed by atoms with Crippen LogP contribution in [-0.2, 0) is 14.6 Å². The van der Waals surface area contributed by atoms with Crippen molar-refractivity contribution in [1.82, 2.24) is 15.1 Å². The van der Waals surface area contributed by atoms with E-state index >= 15 is 0 Å². The molecule has 0 radical (unpaired) electrons. The highest BCUT2D eigenvalue weighted by Gasteiger charge is 2.30. The van der Waals surface area contributed by atoms with Crippen LogP contribution in [0.2, 0.25) is 0 Å². The van der Waals surface area contributed by atoms with E-state index in [1.165, 1.54) is 24.3 Å². The quantitative estimate of drug-likeness (QED) is 0.819. The number of carbonyl (C=O) groups is 1. The van der Waals surface area contributed by atoms with Crippen LogP contribution in [0.15, 0.2) is 33.9 Å². The van der Waals surface area contributed by atoms with Crippen molar-refractivity contribution in [2.75, 3.05) is 18.8 Å². The molecule has 7 nitrogen and oxygen atoms in total. The zero-order valence-electron chi connectivity index (χ0n) is 13.7. The Hall–Kier alpha value is -2.29. The maximum atomic E-state index is 12.9. The monoisotopic (exact) mass is 367 g/mol. The number of sulfone groups is 1. The van der Waals surface area contributed by atoms with Crippen LogP contribution < -0.4 is 0 Å². The molecule has 0 N–H and O–H groups in total. The molecule has 1 saturated heterocycles. The third-order valence-electron chi connectivity index (χ3n) is 4.21. The van der Waals surface area contributed by atoms with Crippen molar-refractivity contribution in [2.24, 2.45) is 5.92 Å². The summed E-state index contributed by atoms with van der Waals surface area (Å²) in [6, 6.07) is 5.21. The molecule has 1 aromatic heterocycles. The summed E-state index contributed by atoms with van der Waals surface area (Å²) in [6.07, 6.45) is 1.72. The molecule has 0 atom stereocenters. The van der Waals surface area contributed by atoms with Gasteiger partial charge in [0.1, 0.15) is 11.6 Å². The van der Waals surface area contributed by atoms with E-state index in [0.29, 0.717) is 24.6 Å². The molecule has 134 valence electrons. The minimum atomic E-state index is -4.02. The van der Waals surface area contributed by atoms with Gasteiger partial charge in [0.25, 0.3) is 0 Å². The Morgan fingerprint density at radius 3 is 2.52 bits per heavy atom. The van der Waals surface area contributed by atoms with Crippen molar-refractivity contribution in [1.29, 1.82) is 0 Å². The van der Waals surface area contributed by atoms with Gasteiger partial charge < -0.3 is 9.32 Å². The van der Waals surface area contributed by atoms with Gasteiger partial charge in [0, 0.05) is 18.7 Å². The Balaban J connectivity index is 1.72. The molecular formula is C16H18FN3O4S. The Labute approximate surface area is 144 Å². The molecule has 0 spiro atoms. The molecule has 2 aromatic rings. The zero-order valence-corrected chi connectivity index (χ0v) is 14.5. The van der Waals surface area contributed by atoms with Gasteiger partial charge in [-0.1, -0.05) is 12.0 Å². The van der Waals surface area contributed by atoms with Crippen molar-refractivity contribution < 1.29 is 22.0 Å². The van der Waals surface area contributed by atoms with E-state index in [9.17, 15) is 17.6 Å². The lowest BCUT2D eigenvalue weighted by atomic mass is 9.99. The van der Waals surface area contributed by atoms with Crippen LogP contribution in [0, 0.1) is 11.7 Å². The second kappa shape index (κ2) is 6.91. The first-order chi connectivity index (χ1) is 11.8. The van der Waals surface area contributed by atoms with Crippen molar-refractivity contribution >= 4 is 15.7 Å². The predicted molar refractivity (Wildman–Crippen MR) is 86.7 cm³/mol. The Morgan fingerprint density at radius 2 is 1.88 bits per heavy atom. The lowest BCUT2D eigenvalue weighted by molar-refractivity contribution is -0.129. The molecule has 9 heteroatoms. The highest BCUT2D eigenvalue weighted by molar-refractivity contribution is 7.91. The van der Waals surface area contributed by atoms with Crippen molar-refractivity contribution in [3.8, 4) is 11.5 Å². The molecule has 0 unspecified atom stereocenters. The third kappa shape index (κ3) is 4.04. The van der Waals surface area contributed by atoms with Crippen LogP contribution in [0.4, 0.5) is 4.39 Å². The number of amides is 1. The van der Waals surface area contributed by atoms with Gasteiger partial charge >= 0.3 is 5.22 Å². The first-order valence-electron chi connectivity index (χ1n) is 7.95. The SMILES string of the molecule is CC1CCN(C(=O)CS(=O)(=O)c2nnc(-c3ccc(F)cc3)o2)CC1. The van der Waals surface area contributed by atoms with Crippen LogP contribution in [-0.4, -0.2) is 48.3 Å². The van der Waals surface area contributed by atoms with E-state index < -0.39 is 32.5 Å². The maximum absolute atomic E-state index is 12.9. The van der Waals surface area contributed by atoms with E-state index in [1.807, 2.05) is 0 Å². The van der Waals surface area contributed by atoms with Crippen LogP contribution >= 0.6 is 0 Å². The van der Waals surface area contributed by atoms with Gasteiger partial charge in [-0.25, -0.2) is 12.8 Å². The topological polar surface area (TPSA) is 93.4 Å². The number of nitrogens with zero attached hydrogens (tertiary/aromatic N) is 3. The highest BCUT2D eigenvalue weighted by atomic mass is 32.2. The summed E-state index contributed by atoms with van der Waals surface area (Å²) in [5, 5.41) is 6.59. The van der Waals surface area contributed by atoms with Gasteiger partial charge in [0.2, 0.25) is 21.6 Å². The van der Waals surface area contributed by atoms with Crippen LogP contribution in [0.1, 0.15) is 19.8 Å². The molecule has 25 heavy (non-hydrogen) atoms. The van der Waals surface area contributed by atoms with Crippen molar-refractivity contribution in [3.63, 3.8) is 0 Å². The van der Waals surface area contributed by atoms with Crippen LogP contribution in [0.5, 0.6) is 0 Å². The average Bonchev–Trinajstić information content (AvgIpc) is 3.06. The normalized spacial score (nSPS) is 16.2. The molecule has 0 saturated carbocycles. The Kier molecular flexibility index (Phi) is 4.85. The number of aromatic nitrogens is 2. The molecule has 0 aliphatic carbocycles. The lowest BCUT2D eigenvalue weighted by Crippen LogP contribution is -2.41. The number of halogens is 1. The first-order valence-corrected chi connectivity index (χ1v) is 9.60. The van der Waals surface area contributed by atoms with Gasteiger partial charge in [-0.2, -0.15) is 0 Å². The molecule has 1 aromatic carbocycles. The summed E-state index contributed by atoms with van der Waals surface area (Å²) < 4.78 is 42.8. The Morgan fingerprint density at radius 1 is 1.24 bits per heavy atom. The molecule has 0 bridgehead atoms. The molecule has 1 aliphatic heterocycles. The summed E-state index contributed by atoms with van der Waals surface area (Å²) in [4.78, 5) is 13.8. The molecule has 1 amide bonds. The van der Waals surface area contributed by atoms with E-state index in [0.717, 1.165) is 12.8 Å². The number of piperidine rings is 1. The van der Waals surface area contributed by atoms with E-state index in [-0.39, 0.29) is 5.89 Å². The smallest absolute Gasteiger partial charge is 0.336 e. The van der Waals surface area contributed by atoms with E-state index in [1.54, 1.807) is 4.90 Å². The number of hydrogen-bond acceptors (Lipinski definition) is 6. The van der Waals surface area contributed by atoms with Gasteiger partial charge in [-0.3, -0.25) is 4.79 Å². The number of benzene rings is 1. The minimum absolute atomic E-state index is 0.0437. The number of hydrogen-bond donors (Lipinski definition) is 0. The largest absolute Gasteiger partial charge is 0.408 e. The van der Waals surface area contributed by atoms with Crippen LogP contribution in [0.3, 0.4) is 0 Å². The molecule has 2 heterocycles. The summed E-state index contributed by atoms with van der Waals surface area (Å²) >= 11 is 0. The van der Waals surface area contributed by atoms with Crippen LogP contribution in [0.25, 0.3) is 11.5 Å². The number of likely N-dealkylation sites (tertiary alicyclic amines) is 1. The first kappa shape index (κ1) is 17.5. The summed E-state index contributed by atoms with van der Waals surface area (Å²) in [7, 11) is -4.02. The maximum Gasteiger partial charge on any atom is 0.336 e. The van der Waals surface area contributed by atoms with Crippen molar-refractivity contribution in [3.05, 3.63) is 30.1 Å². The van der Waals surface area contributed by atoms with Crippen molar-refractivity contribution in [2.45, 2.75) is 25.0 Å². The highest BCUT2D eigenvalue weighted by Crippen LogP contribution is 2.21. The van der Waals surface area contributed by atoms with Gasteiger partial charge in [0.15, 0.2) is 0 Å². The fourth-order valence-electron chi connectivity index (χ4n) is 2.62. The van der Waals surface area contributed by atoms with E-state index in [4.69, 9.17) is 4.42 Å². The Bertz CT molecular complexity index is 856. The minimum Gasteiger partial charge on any atom is -0.408 e. The summed E-state index contributed by atoms with van der Waals surface area (Å²) in [5.74, 6) is -1.11. The second-order valence-electron chi connectivity index (χ2n) is 6.20. The van der Waals surface area contributed by atoms with E-state index in [2.05, 4.69) is 17.1 Å². The number of carbonyl (C=O) groups excluding carboxylic acids is 1.